The molecule has 232 valence electrons. The number of amides is 2. The Labute approximate surface area is 261 Å². The van der Waals surface area contributed by atoms with E-state index in [1.165, 1.54) is 13.2 Å². The average molecular weight is 700 g/mol. The largest absolute Gasteiger partial charge is 0.493 e. The second-order valence-corrected chi connectivity index (χ2v) is 11.4. The third-order valence-corrected chi connectivity index (χ3v) is 8.19. The highest BCUT2D eigenvalue weighted by Crippen LogP contribution is 2.37. The van der Waals surface area contributed by atoms with Gasteiger partial charge in [-0.15, -0.1) is 6.58 Å². The Morgan fingerprint density at radius 1 is 1.29 bits per heavy atom. The molecule has 0 bridgehead atoms. The molecule has 0 spiro atoms. The number of carbonyl (C=O) groups excluding carboxylic acids is 3. The van der Waals surface area contributed by atoms with E-state index in [1.54, 1.807) is 17.0 Å². The summed E-state index contributed by atoms with van der Waals surface area (Å²) in [5.41, 5.74) is 0.750. The summed E-state index contributed by atoms with van der Waals surface area (Å²) in [5, 5.41) is 23.6. The van der Waals surface area contributed by atoms with Crippen molar-refractivity contribution in [1.82, 2.24) is 15.1 Å². The number of carbonyl (C=O) groups is 3. The first-order chi connectivity index (χ1) is 20.3. The molecule has 3 rings (SSSR count). The molecule has 11 nitrogen and oxygen atoms in total. The van der Waals surface area contributed by atoms with E-state index in [-0.39, 0.29) is 25.5 Å². The van der Waals surface area contributed by atoms with Gasteiger partial charge in [-0.05, 0) is 60.1 Å². The summed E-state index contributed by atoms with van der Waals surface area (Å²) < 4.78 is 17.8. The van der Waals surface area contributed by atoms with E-state index in [0.717, 1.165) is 25.9 Å². The number of allylic oxidation sites excluding steroid dienone is 1. The van der Waals surface area contributed by atoms with Gasteiger partial charge < -0.3 is 34.6 Å². The van der Waals surface area contributed by atoms with Crippen molar-refractivity contribution in [1.29, 1.82) is 0 Å². The predicted molar refractivity (Wildman–Crippen MR) is 166 cm³/mol. The lowest BCUT2D eigenvalue weighted by Gasteiger charge is -2.41. The fourth-order valence-electron chi connectivity index (χ4n) is 5.10. The van der Waals surface area contributed by atoms with E-state index < -0.39 is 24.2 Å². The topological polar surface area (TPSA) is 138 Å². The Bertz CT molecular complexity index is 1110. The number of unbranched alkanes of at least 4 members (excludes halogenated alkanes) is 2. The van der Waals surface area contributed by atoms with Gasteiger partial charge in [0.25, 0.3) is 0 Å². The van der Waals surface area contributed by atoms with Gasteiger partial charge in [-0.2, -0.15) is 0 Å². The number of rotatable bonds is 16. The predicted octanol–water partition coefficient (Wildman–Crippen LogP) is 1.94. The first kappa shape index (κ1) is 34.0. The Morgan fingerprint density at radius 3 is 2.71 bits per heavy atom. The molecule has 3 atom stereocenters. The number of methoxy groups -OCH3 is 1. The van der Waals surface area contributed by atoms with Crippen LogP contribution in [0.5, 0.6) is 11.5 Å². The van der Waals surface area contributed by atoms with Crippen molar-refractivity contribution in [2.45, 2.75) is 50.4 Å². The Balaban J connectivity index is 1.94. The number of aliphatic hydroxyl groups excluding tert-OH is 2. The summed E-state index contributed by atoms with van der Waals surface area (Å²) in [5.74, 6) is 0.115. The standard InChI is InChI=1S/C30H42IN3O8/c1-3-4-5-6-7-27(37)34(10-9-33-11-14-41-15-12-33)24-18-22(30(39)32-8-13-35)19-25(28(24)38)42-29-23(31)16-21(20-36)17-26(29)40-2/h3,16-17,19-20,24-25,28,35,38H,1,4-15,18H2,2H3,(H,32,39)/t24-,25+,28+/m1/s1. The molecular weight excluding hydrogens is 657 g/mol. The van der Waals surface area contributed by atoms with E-state index in [2.05, 4.69) is 16.8 Å². The van der Waals surface area contributed by atoms with Crippen LogP contribution in [0.25, 0.3) is 0 Å². The molecule has 0 radical (unpaired) electrons. The summed E-state index contributed by atoms with van der Waals surface area (Å²) in [7, 11) is 1.45. The fourth-order valence-corrected chi connectivity index (χ4v) is 5.85. The molecule has 0 unspecified atom stereocenters. The molecule has 1 aromatic rings. The van der Waals surface area contributed by atoms with Gasteiger partial charge in [0, 0.05) is 56.7 Å². The van der Waals surface area contributed by atoms with Crippen molar-refractivity contribution in [3.8, 4) is 11.5 Å². The lowest BCUT2D eigenvalue weighted by atomic mass is 9.87. The van der Waals surface area contributed by atoms with Crippen molar-refractivity contribution in [2.75, 3.05) is 59.7 Å². The van der Waals surface area contributed by atoms with E-state index in [9.17, 15) is 24.6 Å². The maximum absolute atomic E-state index is 13.7. The van der Waals surface area contributed by atoms with Gasteiger partial charge in [-0.1, -0.05) is 6.08 Å². The molecule has 12 heteroatoms. The summed E-state index contributed by atoms with van der Waals surface area (Å²) in [4.78, 5) is 42.1. The highest BCUT2D eigenvalue weighted by Gasteiger charge is 2.41. The van der Waals surface area contributed by atoms with Crippen LogP contribution in [0.4, 0.5) is 0 Å². The number of aldehydes is 1. The minimum absolute atomic E-state index is 0.0662. The molecule has 0 aromatic heterocycles. The Kier molecular flexibility index (Phi) is 14.2. The van der Waals surface area contributed by atoms with Gasteiger partial charge >= 0.3 is 0 Å². The van der Waals surface area contributed by atoms with Crippen LogP contribution in [-0.2, 0) is 14.3 Å². The van der Waals surface area contributed by atoms with Gasteiger partial charge in [-0.25, -0.2) is 0 Å². The lowest BCUT2D eigenvalue weighted by molar-refractivity contribution is -0.139. The van der Waals surface area contributed by atoms with E-state index >= 15 is 0 Å². The van der Waals surface area contributed by atoms with Crippen LogP contribution < -0.4 is 14.8 Å². The molecule has 42 heavy (non-hydrogen) atoms. The van der Waals surface area contributed by atoms with Crippen LogP contribution in [0, 0.1) is 3.57 Å². The van der Waals surface area contributed by atoms with Crippen LogP contribution in [0.2, 0.25) is 0 Å². The number of aliphatic hydroxyl groups is 2. The highest BCUT2D eigenvalue weighted by molar-refractivity contribution is 14.1. The normalized spacial score (nSPS) is 20.8. The molecule has 1 aromatic carbocycles. The first-order valence-electron chi connectivity index (χ1n) is 14.3. The monoisotopic (exact) mass is 699 g/mol. The quantitative estimate of drug-likeness (QED) is 0.102. The zero-order valence-electron chi connectivity index (χ0n) is 24.1. The number of nitrogens with zero attached hydrogens (tertiary/aromatic N) is 2. The second kappa shape index (κ2) is 17.6. The molecule has 1 fully saturated rings. The number of nitrogens with one attached hydrogen (secondary N) is 1. The summed E-state index contributed by atoms with van der Waals surface area (Å²) >= 11 is 2.03. The van der Waals surface area contributed by atoms with E-state index in [4.69, 9.17) is 14.2 Å². The maximum Gasteiger partial charge on any atom is 0.247 e. The van der Waals surface area contributed by atoms with Crippen LogP contribution in [0.3, 0.4) is 0 Å². The molecule has 2 amide bonds. The van der Waals surface area contributed by atoms with E-state index in [0.29, 0.717) is 71.6 Å². The van der Waals surface area contributed by atoms with Crippen LogP contribution in [0.15, 0.2) is 36.4 Å². The van der Waals surface area contributed by atoms with E-state index in [1.807, 2.05) is 28.7 Å². The number of hydrogen-bond acceptors (Lipinski definition) is 9. The minimum Gasteiger partial charge on any atom is -0.493 e. The molecule has 1 aliphatic carbocycles. The summed E-state index contributed by atoms with van der Waals surface area (Å²) in [6.07, 6.45) is 4.68. The number of hydrogen-bond donors (Lipinski definition) is 3. The molecular formula is C30H42IN3O8. The third kappa shape index (κ3) is 9.49. The van der Waals surface area contributed by atoms with Gasteiger partial charge in [0.05, 0.1) is 36.5 Å². The molecule has 0 saturated carbocycles. The second-order valence-electron chi connectivity index (χ2n) is 10.2. The van der Waals surface area contributed by atoms with Crippen molar-refractivity contribution in [3.05, 3.63) is 45.6 Å². The SMILES string of the molecule is C=CCCCCC(=O)N(CCN1CCOCC1)[C@@H]1CC(C(=O)NCCO)=C[C@H](Oc2c(I)cc(C=O)cc2OC)[C@H]1O. The van der Waals surface area contributed by atoms with Crippen LogP contribution in [0.1, 0.15) is 42.5 Å². The van der Waals surface area contributed by atoms with Crippen molar-refractivity contribution >= 4 is 40.7 Å². The summed E-state index contributed by atoms with van der Waals surface area (Å²) in [6, 6.07) is 2.44. The van der Waals surface area contributed by atoms with Gasteiger partial charge in [0.1, 0.15) is 18.5 Å². The number of benzene rings is 1. The highest BCUT2D eigenvalue weighted by atomic mass is 127. The van der Waals surface area contributed by atoms with Crippen molar-refractivity contribution in [2.24, 2.45) is 0 Å². The zero-order valence-corrected chi connectivity index (χ0v) is 26.3. The summed E-state index contributed by atoms with van der Waals surface area (Å²) in [6.45, 7) is 7.32. The fraction of sp³-hybridized carbons (Fsp3) is 0.567. The first-order valence-corrected chi connectivity index (χ1v) is 15.4. The third-order valence-electron chi connectivity index (χ3n) is 7.39. The van der Waals surface area contributed by atoms with Gasteiger partial charge in [-0.3, -0.25) is 19.3 Å². The molecule has 1 aliphatic heterocycles. The molecule has 3 N–H and O–H groups in total. The van der Waals surface area contributed by atoms with Gasteiger partial charge in [0.15, 0.2) is 11.5 Å². The molecule has 1 saturated heterocycles. The number of morpholine rings is 1. The van der Waals surface area contributed by atoms with Crippen molar-refractivity contribution in [3.63, 3.8) is 0 Å². The maximum atomic E-state index is 13.7. The molecule has 1 heterocycles. The average Bonchev–Trinajstić information content (AvgIpc) is 3.00. The number of halogens is 1. The molecule has 2 aliphatic rings. The van der Waals surface area contributed by atoms with Crippen LogP contribution in [-0.4, -0.2) is 116 Å². The van der Waals surface area contributed by atoms with Crippen molar-refractivity contribution < 1.29 is 38.8 Å². The number of ether oxygens (including phenoxy) is 3. The minimum atomic E-state index is -1.16. The lowest BCUT2D eigenvalue weighted by Crippen LogP contribution is -2.56. The smallest absolute Gasteiger partial charge is 0.247 e. The zero-order chi connectivity index (χ0) is 30.5. The Morgan fingerprint density at radius 2 is 2.05 bits per heavy atom. The van der Waals surface area contributed by atoms with Crippen LogP contribution >= 0.6 is 22.6 Å². The van der Waals surface area contributed by atoms with Gasteiger partial charge in [0.2, 0.25) is 11.8 Å². The Hall–Kier alpha value is -2.52.